The summed E-state index contributed by atoms with van der Waals surface area (Å²) in [6.45, 7) is 5.27. The first kappa shape index (κ1) is 14.5. The van der Waals surface area contributed by atoms with Crippen molar-refractivity contribution in [3.05, 3.63) is 39.0 Å². The number of hydrogen-bond acceptors (Lipinski definition) is 4. The Balaban J connectivity index is 2.55. The number of halogens is 1. The van der Waals surface area contributed by atoms with Crippen molar-refractivity contribution in [3.8, 4) is 0 Å². The van der Waals surface area contributed by atoms with Crippen LogP contribution >= 0.6 is 15.9 Å². The van der Waals surface area contributed by atoms with Crippen LogP contribution in [0.25, 0.3) is 10.9 Å². The molecule has 0 fully saturated rings. The van der Waals surface area contributed by atoms with Crippen LogP contribution in [-0.4, -0.2) is 21.2 Å². The van der Waals surface area contributed by atoms with Crippen molar-refractivity contribution < 1.29 is 14.5 Å². The summed E-state index contributed by atoms with van der Waals surface area (Å²) in [5.41, 5.74) is -0.283. The normalized spacial score (nSPS) is 11.6. The van der Waals surface area contributed by atoms with E-state index < -0.39 is 16.6 Å². The van der Waals surface area contributed by atoms with E-state index >= 15 is 0 Å². The van der Waals surface area contributed by atoms with Gasteiger partial charge in [-0.1, -0.05) is 0 Å². The number of nitro groups is 1. The highest BCUT2D eigenvalue weighted by Gasteiger charge is 2.21. The average Bonchev–Trinajstić information content (AvgIpc) is 2.64. The lowest BCUT2D eigenvalue weighted by molar-refractivity contribution is -0.384. The lowest BCUT2D eigenvalue weighted by Crippen LogP contribution is -2.26. The number of aromatic nitrogens is 1. The molecule has 0 radical (unpaired) electrons. The van der Waals surface area contributed by atoms with Crippen molar-refractivity contribution in [3.63, 3.8) is 0 Å². The fourth-order valence-corrected chi connectivity index (χ4v) is 2.29. The largest absolute Gasteiger partial charge is 0.443 e. The highest BCUT2D eigenvalue weighted by atomic mass is 79.9. The highest BCUT2D eigenvalue weighted by Crippen LogP contribution is 2.29. The summed E-state index contributed by atoms with van der Waals surface area (Å²) < 4.78 is 7.21. The number of nitrogens with zero attached hydrogens (tertiary/aromatic N) is 2. The lowest BCUT2D eigenvalue weighted by Gasteiger charge is -2.19. The fourth-order valence-electron chi connectivity index (χ4n) is 1.75. The molecule has 1 heterocycles. The van der Waals surface area contributed by atoms with Crippen LogP contribution in [0.3, 0.4) is 0 Å². The molecule has 0 amide bonds. The molecule has 2 rings (SSSR count). The Labute approximate surface area is 123 Å². The number of rotatable bonds is 1. The zero-order valence-corrected chi connectivity index (χ0v) is 12.8. The second-order valence-corrected chi connectivity index (χ2v) is 6.14. The average molecular weight is 341 g/mol. The first-order valence-corrected chi connectivity index (χ1v) is 6.67. The SMILES string of the molecule is CC(C)(C)OC(=O)n1cc(Br)c2ccc([N+](=O)[O-])cc21. The van der Waals surface area contributed by atoms with Gasteiger partial charge in [0.2, 0.25) is 0 Å². The van der Waals surface area contributed by atoms with Gasteiger partial charge in [-0.25, -0.2) is 4.79 Å². The Morgan fingerprint density at radius 2 is 2.05 bits per heavy atom. The van der Waals surface area contributed by atoms with E-state index in [1.165, 1.54) is 16.7 Å². The number of nitro benzene ring substituents is 1. The monoisotopic (exact) mass is 340 g/mol. The second kappa shape index (κ2) is 4.90. The van der Waals surface area contributed by atoms with E-state index in [9.17, 15) is 14.9 Å². The summed E-state index contributed by atoms with van der Waals surface area (Å²) in [6, 6.07) is 4.34. The summed E-state index contributed by atoms with van der Waals surface area (Å²) in [5, 5.41) is 11.5. The van der Waals surface area contributed by atoms with Gasteiger partial charge in [0, 0.05) is 28.2 Å². The molecule has 0 saturated heterocycles. The maximum absolute atomic E-state index is 12.1. The third-order valence-electron chi connectivity index (χ3n) is 2.54. The van der Waals surface area contributed by atoms with Crippen LogP contribution in [0.1, 0.15) is 20.8 Å². The van der Waals surface area contributed by atoms with E-state index in [1.54, 1.807) is 33.0 Å². The summed E-state index contributed by atoms with van der Waals surface area (Å²) in [5.74, 6) is 0. The second-order valence-electron chi connectivity index (χ2n) is 5.29. The predicted molar refractivity (Wildman–Crippen MR) is 77.9 cm³/mol. The minimum atomic E-state index is -0.638. The van der Waals surface area contributed by atoms with Gasteiger partial charge in [0.1, 0.15) is 5.60 Å². The predicted octanol–water partition coefficient (Wildman–Crippen LogP) is 4.10. The fraction of sp³-hybridized carbons (Fsp3) is 0.308. The van der Waals surface area contributed by atoms with E-state index in [0.29, 0.717) is 15.4 Å². The Morgan fingerprint density at radius 1 is 1.40 bits per heavy atom. The standard InChI is InChI=1S/C13H13BrN2O4/c1-13(2,3)20-12(17)15-7-10(14)9-5-4-8(16(18)19)6-11(9)15/h4-7H,1-3H3. The van der Waals surface area contributed by atoms with Crippen LogP contribution < -0.4 is 0 Å². The maximum Gasteiger partial charge on any atom is 0.419 e. The molecule has 0 unspecified atom stereocenters. The number of benzene rings is 1. The van der Waals surface area contributed by atoms with Crippen LogP contribution in [-0.2, 0) is 4.74 Å². The Hall–Kier alpha value is -1.89. The zero-order valence-electron chi connectivity index (χ0n) is 11.2. The first-order chi connectivity index (χ1) is 9.19. The van der Waals surface area contributed by atoms with E-state index in [1.807, 2.05) is 0 Å². The van der Waals surface area contributed by atoms with Crippen molar-refractivity contribution in [1.29, 1.82) is 0 Å². The summed E-state index contributed by atoms with van der Waals surface area (Å²) >= 11 is 3.33. The number of ether oxygens (including phenoxy) is 1. The van der Waals surface area contributed by atoms with Crippen LogP contribution in [0.15, 0.2) is 28.9 Å². The summed E-state index contributed by atoms with van der Waals surface area (Å²) in [7, 11) is 0. The summed E-state index contributed by atoms with van der Waals surface area (Å²) in [4.78, 5) is 22.4. The van der Waals surface area contributed by atoms with Crippen molar-refractivity contribution in [2.45, 2.75) is 26.4 Å². The Bertz CT molecular complexity index is 700. The van der Waals surface area contributed by atoms with E-state index in [4.69, 9.17) is 4.74 Å². The van der Waals surface area contributed by atoms with Crippen molar-refractivity contribution in [2.24, 2.45) is 0 Å². The van der Waals surface area contributed by atoms with E-state index in [2.05, 4.69) is 15.9 Å². The van der Waals surface area contributed by atoms with Crippen LogP contribution in [0, 0.1) is 10.1 Å². The van der Waals surface area contributed by atoms with Gasteiger partial charge in [-0.05, 0) is 42.8 Å². The Morgan fingerprint density at radius 3 is 2.60 bits per heavy atom. The molecular formula is C13H13BrN2O4. The van der Waals surface area contributed by atoms with Crippen LogP contribution in [0.5, 0.6) is 0 Å². The van der Waals surface area contributed by atoms with Gasteiger partial charge in [-0.15, -0.1) is 0 Å². The van der Waals surface area contributed by atoms with Gasteiger partial charge in [0.15, 0.2) is 0 Å². The third kappa shape index (κ3) is 2.82. The minimum Gasteiger partial charge on any atom is -0.443 e. The molecule has 1 aromatic carbocycles. The lowest BCUT2D eigenvalue weighted by atomic mass is 10.2. The molecule has 20 heavy (non-hydrogen) atoms. The molecule has 0 aliphatic carbocycles. The van der Waals surface area contributed by atoms with E-state index in [0.717, 1.165) is 0 Å². The summed E-state index contributed by atoms with van der Waals surface area (Å²) in [6.07, 6.45) is 0.969. The zero-order chi connectivity index (χ0) is 15.1. The van der Waals surface area contributed by atoms with Gasteiger partial charge in [-0.3, -0.25) is 14.7 Å². The molecular weight excluding hydrogens is 328 g/mol. The number of carbonyl (C=O) groups excluding carboxylic acids is 1. The molecule has 2 aromatic rings. The minimum absolute atomic E-state index is 0.0760. The van der Waals surface area contributed by atoms with Crippen molar-refractivity contribution in [1.82, 2.24) is 4.57 Å². The smallest absolute Gasteiger partial charge is 0.419 e. The molecule has 0 N–H and O–H groups in total. The number of carbonyl (C=O) groups is 1. The third-order valence-corrected chi connectivity index (χ3v) is 3.17. The van der Waals surface area contributed by atoms with Gasteiger partial charge < -0.3 is 4.74 Å². The topological polar surface area (TPSA) is 74.4 Å². The first-order valence-electron chi connectivity index (χ1n) is 5.87. The molecule has 0 atom stereocenters. The Kier molecular flexibility index (Phi) is 3.56. The number of non-ortho nitro benzene ring substituents is 1. The number of fused-ring (bicyclic) bond motifs is 1. The molecule has 6 nitrogen and oxygen atoms in total. The molecule has 106 valence electrons. The van der Waals surface area contributed by atoms with Crippen LogP contribution in [0.4, 0.5) is 10.5 Å². The quantitative estimate of drug-likeness (QED) is 0.578. The van der Waals surface area contributed by atoms with Gasteiger partial charge in [0.25, 0.3) is 5.69 Å². The molecule has 0 bridgehead atoms. The molecule has 0 aliphatic rings. The van der Waals surface area contributed by atoms with Crippen molar-refractivity contribution >= 4 is 38.6 Å². The molecule has 1 aromatic heterocycles. The van der Waals surface area contributed by atoms with Gasteiger partial charge >= 0.3 is 6.09 Å². The molecule has 7 heteroatoms. The maximum atomic E-state index is 12.1. The van der Waals surface area contributed by atoms with Crippen molar-refractivity contribution in [2.75, 3.05) is 0 Å². The van der Waals surface area contributed by atoms with E-state index in [-0.39, 0.29) is 5.69 Å². The van der Waals surface area contributed by atoms with Crippen LogP contribution in [0.2, 0.25) is 0 Å². The highest BCUT2D eigenvalue weighted by molar-refractivity contribution is 9.10. The molecule has 0 saturated carbocycles. The van der Waals surface area contributed by atoms with Gasteiger partial charge in [0.05, 0.1) is 10.4 Å². The molecule has 0 spiro atoms. The molecule has 0 aliphatic heterocycles. The van der Waals surface area contributed by atoms with Gasteiger partial charge in [-0.2, -0.15) is 0 Å². The number of hydrogen-bond donors (Lipinski definition) is 0.